The van der Waals surface area contributed by atoms with Gasteiger partial charge in [-0.05, 0) is 42.3 Å². The molecule has 12 heteroatoms. The van der Waals surface area contributed by atoms with Crippen molar-refractivity contribution in [3.05, 3.63) is 89.2 Å². The molecule has 3 aromatic carbocycles. The standard InChI is InChI=1S/C31H32N4O7S/c1-33(2)43(38,39)35-19-22(23-11-7-9-13-26(23)35)16-24(31(37)34-15-14-20-10-6-8-12-25(20)34)32-30(36)21-17-27(40-3)29(42-5)28(18-21)41-4/h6-13,16-19H,14-15H2,1-5H3,(H,32,36). The summed E-state index contributed by atoms with van der Waals surface area (Å²) in [4.78, 5) is 29.4. The van der Waals surface area contributed by atoms with Crippen LogP contribution in [-0.2, 0) is 21.4 Å². The lowest BCUT2D eigenvalue weighted by molar-refractivity contribution is -0.115. The SMILES string of the molecule is COc1cc(C(=O)NC(=Cc2cn(S(=O)(=O)N(C)C)c3ccccc23)C(=O)N2CCc3ccccc32)cc(OC)c1OC. The van der Waals surface area contributed by atoms with E-state index in [9.17, 15) is 18.0 Å². The van der Waals surface area contributed by atoms with Crippen LogP contribution in [0.25, 0.3) is 17.0 Å². The van der Waals surface area contributed by atoms with Gasteiger partial charge in [0.25, 0.3) is 11.8 Å². The van der Waals surface area contributed by atoms with E-state index in [1.165, 1.54) is 59.8 Å². The molecule has 224 valence electrons. The molecule has 5 rings (SSSR count). The number of hydrogen-bond acceptors (Lipinski definition) is 7. The number of nitrogens with one attached hydrogen (secondary N) is 1. The number of hydrogen-bond donors (Lipinski definition) is 1. The molecule has 0 bridgehead atoms. The van der Waals surface area contributed by atoms with Crippen LogP contribution in [0.15, 0.2) is 72.6 Å². The first-order valence-corrected chi connectivity index (χ1v) is 14.8. The van der Waals surface area contributed by atoms with Gasteiger partial charge in [0.2, 0.25) is 5.75 Å². The van der Waals surface area contributed by atoms with Crippen molar-refractivity contribution in [2.75, 3.05) is 46.9 Å². The average molecular weight is 605 g/mol. The van der Waals surface area contributed by atoms with Gasteiger partial charge in [-0.25, -0.2) is 3.97 Å². The summed E-state index contributed by atoms with van der Waals surface area (Å²) in [6.07, 6.45) is 3.61. The molecule has 0 atom stereocenters. The highest BCUT2D eigenvalue weighted by atomic mass is 32.2. The molecule has 0 unspecified atom stereocenters. The van der Waals surface area contributed by atoms with Gasteiger partial charge >= 0.3 is 10.2 Å². The highest BCUT2D eigenvalue weighted by Gasteiger charge is 2.29. The van der Waals surface area contributed by atoms with Crippen molar-refractivity contribution in [2.45, 2.75) is 6.42 Å². The molecule has 0 saturated carbocycles. The Morgan fingerprint density at radius 1 is 0.930 bits per heavy atom. The van der Waals surface area contributed by atoms with Crippen LogP contribution < -0.4 is 24.4 Å². The van der Waals surface area contributed by atoms with E-state index in [0.29, 0.717) is 35.2 Å². The monoisotopic (exact) mass is 604 g/mol. The summed E-state index contributed by atoms with van der Waals surface area (Å²) in [5.74, 6) is -0.186. The summed E-state index contributed by atoms with van der Waals surface area (Å²) < 4.78 is 44.7. The topological polar surface area (TPSA) is 119 Å². The van der Waals surface area contributed by atoms with Crippen molar-refractivity contribution in [3.8, 4) is 17.2 Å². The summed E-state index contributed by atoms with van der Waals surface area (Å²) >= 11 is 0. The number of benzene rings is 3. The Labute approximate surface area is 250 Å². The predicted octanol–water partition coefficient (Wildman–Crippen LogP) is 3.68. The van der Waals surface area contributed by atoms with Crippen molar-refractivity contribution < 1.29 is 32.2 Å². The van der Waals surface area contributed by atoms with Crippen LogP contribution in [-0.4, -0.2) is 70.5 Å². The first-order chi connectivity index (χ1) is 20.6. The van der Waals surface area contributed by atoms with Gasteiger partial charge in [-0.1, -0.05) is 36.4 Å². The second kappa shape index (κ2) is 11.8. The molecule has 0 saturated heterocycles. The minimum Gasteiger partial charge on any atom is -0.493 e. The van der Waals surface area contributed by atoms with Crippen LogP contribution >= 0.6 is 0 Å². The van der Waals surface area contributed by atoms with Crippen molar-refractivity contribution in [2.24, 2.45) is 0 Å². The molecule has 0 fully saturated rings. The number of ether oxygens (including phenoxy) is 3. The Kier molecular flexibility index (Phi) is 8.16. The summed E-state index contributed by atoms with van der Waals surface area (Å²) in [7, 11) is 3.34. The zero-order chi connectivity index (χ0) is 30.9. The van der Waals surface area contributed by atoms with Crippen molar-refractivity contribution in [1.29, 1.82) is 0 Å². The van der Waals surface area contributed by atoms with Gasteiger partial charge in [0.1, 0.15) is 5.70 Å². The molecule has 2 heterocycles. The molecular formula is C31H32N4O7S. The van der Waals surface area contributed by atoms with E-state index in [2.05, 4.69) is 5.32 Å². The van der Waals surface area contributed by atoms with Crippen LogP contribution in [0.5, 0.6) is 17.2 Å². The molecular weight excluding hydrogens is 572 g/mol. The summed E-state index contributed by atoms with van der Waals surface area (Å²) in [5, 5.41) is 3.36. The molecule has 1 N–H and O–H groups in total. The molecule has 1 aliphatic rings. The van der Waals surface area contributed by atoms with E-state index in [-0.39, 0.29) is 22.8 Å². The third-order valence-corrected chi connectivity index (χ3v) is 8.98. The fourth-order valence-corrected chi connectivity index (χ4v) is 6.07. The Morgan fingerprint density at radius 2 is 1.58 bits per heavy atom. The number of nitrogens with zero attached hydrogens (tertiary/aromatic N) is 3. The van der Waals surface area contributed by atoms with Gasteiger partial charge < -0.3 is 24.4 Å². The summed E-state index contributed by atoms with van der Waals surface area (Å²) in [6.45, 7) is 0.423. The lowest BCUT2D eigenvalue weighted by Crippen LogP contribution is -2.37. The number of aromatic nitrogens is 1. The number of fused-ring (bicyclic) bond motifs is 2. The van der Waals surface area contributed by atoms with Crippen LogP contribution in [0.4, 0.5) is 5.69 Å². The maximum atomic E-state index is 14.1. The second-order valence-electron chi connectivity index (χ2n) is 9.95. The molecule has 2 amide bonds. The smallest absolute Gasteiger partial charge is 0.307 e. The third kappa shape index (κ3) is 5.42. The number of amides is 2. The quantitative estimate of drug-likeness (QED) is 0.290. The molecule has 43 heavy (non-hydrogen) atoms. The normalized spacial score (nSPS) is 13.3. The number of methoxy groups -OCH3 is 3. The summed E-state index contributed by atoms with van der Waals surface area (Å²) in [6, 6.07) is 17.5. The summed E-state index contributed by atoms with van der Waals surface area (Å²) in [5.41, 5.74) is 2.74. The molecule has 1 aromatic heterocycles. The van der Waals surface area contributed by atoms with Crippen molar-refractivity contribution in [3.63, 3.8) is 0 Å². The van der Waals surface area contributed by atoms with Gasteiger partial charge in [-0.3, -0.25) is 9.59 Å². The fraction of sp³-hybridized carbons (Fsp3) is 0.226. The first-order valence-electron chi connectivity index (χ1n) is 13.4. The van der Waals surface area contributed by atoms with Crippen molar-refractivity contribution in [1.82, 2.24) is 13.6 Å². The molecule has 4 aromatic rings. The predicted molar refractivity (Wildman–Crippen MR) is 164 cm³/mol. The van der Waals surface area contributed by atoms with Gasteiger partial charge in [0, 0.05) is 49.0 Å². The zero-order valence-corrected chi connectivity index (χ0v) is 25.3. The Hall–Kier alpha value is -4.81. The average Bonchev–Trinajstić information content (AvgIpc) is 3.61. The zero-order valence-electron chi connectivity index (χ0n) is 24.5. The van der Waals surface area contributed by atoms with Gasteiger partial charge in [-0.2, -0.15) is 12.7 Å². The van der Waals surface area contributed by atoms with E-state index >= 15 is 0 Å². The molecule has 0 spiro atoms. The van der Waals surface area contributed by atoms with Crippen LogP contribution in [0, 0.1) is 0 Å². The Morgan fingerprint density at radius 3 is 2.23 bits per heavy atom. The number of rotatable bonds is 9. The maximum Gasteiger partial charge on any atom is 0.307 e. The molecule has 0 radical (unpaired) electrons. The largest absolute Gasteiger partial charge is 0.493 e. The third-order valence-electron chi connectivity index (χ3n) is 7.26. The first kappa shape index (κ1) is 29.7. The molecule has 1 aliphatic heterocycles. The molecule has 11 nitrogen and oxygen atoms in total. The molecule has 0 aliphatic carbocycles. The highest BCUT2D eigenvalue weighted by molar-refractivity contribution is 7.87. The van der Waals surface area contributed by atoms with E-state index < -0.39 is 22.0 Å². The lowest BCUT2D eigenvalue weighted by atomic mass is 10.1. The maximum absolute atomic E-state index is 14.1. The highest BCUT2D eigenvalue weighted by Crippen LogP contribution is 2.38. The Balaban J connectivity index is 1.64. The minimum atomic E-state index is -3.88. The van der Waals surface area contributed by atoms with E-state index in [1.54, 1.807) is 29.2 Å². The van der Waals surface area contributed by atoms with Crippen LogP contribution in [0.2, 0.25) is 0 Å². The van der Waals surface area contributed by atoms with Gasteiger partial charge in [0.15, 0.2) is 11.5 Å². The number of para-hydroxylation sites is 2. The van der Waals surface area contributed by atoms with Crippen molar-refractivity contribution >= 4 is 44.7 Å². The van der Waals surface area contributed by atoms with Crippen LogP contribution in [0.3, 0.4) is 0 Å². The van der Waals surface area contributed by atoms with E-state index in [4.69, 9.17) is 14.2 Å². The number of carbonyl (C=O) groups is 2. The fourth-order valence-electron chi connectivity index (χ4n) is 5.07. The van der Waals surface area contributed by atoms with Crippen LogP contribution in [0.1, 0.15) is 21.5 Å². The Bertz CT molecular complexity index is 1840. The lowest BCUT2D eigenvalue weighted by Gasteiger charge is -2.20. The second-order valence-corrected chi connectivity index (χ2v) is 12.0. The minimum absolute atomic E-state index is 0.0411. The number of carbonyl (C=O) groups excluding carboxylic acids is 2. The van der Waals surface area contributed by atoms with E-state index in [1.807, 2.05) is 24.3 Å². The number of anilines is 1. The van der Waals surface area contributed by atoms with E-state index in [0.717, 1.165) is 19.5 Å². The van der Waals surface area contributed by atoms with Gasteiger partial charge in [-0.15, -0.1) is 0 Å². The van der Waals surface area contributed by atoms with Gasteiger partial charge in [0.05, 0.1) is 26.8 Å².